The standard InChI is InChI=1S/C31H22F6N2O/c32-30(33,34)25-27(38(21-13-5-1-6-14-21)22-15-7-2-8-16-22)28(26(29(25)40)31(35,36)37)39(23-17-9-3-10-18-23)24-19-11-4-12-20-24/h1-11,13-19H,12,20H2. The highest BCUT2D eigenvalue weighted by atomic mass is 19.4. The molecule has 204 valence electrons. The van der Waals surface area contributed by atoms with Gasteiger partial charge < -0.3 is 9.80 Å². The van der Waals surface area contributed by atoms with E-state index in [0.717, 1.165) is 9.80 Å². The van der Waals surface area contributed by atoms with Gasteiger partial charge >= 0.3 is 12.4 Å². The number of ketones is 1. The van der Waals surface area contributed by atoms with Crippen molar-refractivity contribution in [2.45, 2.75) is 25.2 Å². The first-order valence-electron chi connectivity index (χ1n) is 12.4. The smallest absolute Gasteiger partial charge is 0.311 e. The Morgan fingerprint density at radius 2 is 0.975 bits per heavy atom. The zero-order valence-electron chi connectivity index (χ0n) is 20.9. The summed E-state index contributed by atoms with van der Waals surface area (Å²) in [5.41, 5.74) is -4.68. The largest absolute Gasteiger partial charge is 0.422 e. The molecule has 0 heterocycles. The molecule has 3 aromatic rings. The van der Waals surface area contributed by atoms with Crippen LogP contribution in [-0.4, -0.2) is 18.1 Å². The summed E-state index contributed by atoms with van der Waals surface area (Å²) in [6.45, 7) is 0. The zero-order valence-corrected chi connectivity index (χ0v) is 20.9. The molecule has 0 saturated heterocycles. The van der Waals surface area contributed by atoms with Crippen molar-refractivity contribution in [1.82, 2.24) is 0 Å². The van der Waals surface area contributed by atoms with Gasteiger partial charge in [0.15, 0.2) is 0 Å². The Balaban J connectivity index is 1.93. The van der Waals surface area contributed by atoms with Crippen LogP contribution in [0.4, 0.5) is 43.4 Å². The number of rotatable bonds is 6. The van der Waals surface area contributed by atoms with Crippen molar-refractivity contribution in [2.75, 3.05) is 9.80 Å². The van der Waals surface area contributed by atoms with Crippen LogP contribution in [0.25, 0.3) is 0 Å². The summed E-state index contributed by atoms with van der Waals surface area (Å²) in [7, 11) is 0. The van der Waals surface area contributed by atoms with Gasteiger partial charge in [0.2, 0.25) is 5.78 Å². The van der Waals surface area contributed by atoms with E-state index in [1.54, 1.807) is 66.7 Å². The monoisotopic (exact) mass is 552 g/mol. The number of alkyl halides is 6. The van der Waals surface area contributed by atoms with Gasteiger partial charge in [-0.05, 0) is 55.3 Å². The third-order valence-electron chi connectivity index (χ3n) is 6.49. The number of carbonyl (C=O) groups is 1. The van der Waals surface area contributed by atoms with Gasteiger partial charge in [-0.2, -0.15) is 26.3 Å². The number of para-hydroxylation sites is 3. The fourth-order valence-corrected chi connectivity index (χ4v) is 4.89. The van der Waals surface area contributed by atoms with Gasteiger partial charge in [-0.25, -0.2) is 0 Å². The van der Waals surface area contributed by atoms with Gasteiger partial charge in [0.1, 0.15) is 11.1 Å². The van der Waals surface area contributed by atoms with Crippen LogP contribution in [0.2, 0.25) is 0 Å². The molecule has 0 unspecified atom stereocenters. The summed E-state index contributed by atoms with van der Waals surface area (Å²) >= 11 is 0. The molecule has 0 amide bonds. The third-order valence-corrected chi connectivity index (χ3v) is 6.49. The molecule has 9 heteroatoms. The average molecular weight is 553 g/mol. The van der Waals surface area contributed by atoms with E-state index in [1.807, 2.05) is 6.08 Å². The number of halogens is 6. The lowest BCUT2D eigenvalue weighted by atomic mass is 10.0. The number of anilines is 3. The van der Waals surface area contributed by atoms with Crippen molar-refractivity contribution in [2.24, 2.45) is 0 Å². The molecule has 40 heavy (non-hydrogen) atoms. The van der Waals surface area contributed by atoms with Crippen LogP contribution in [0, 0.1) is 0 Å². The molecular formula is C31H22F6N2O. The molecule has 0 aliphatic heterocycles. The Kier molecular flexibility index (Phi) is 7.14. The number of carbonyl (C=O) groups excluding carboxylic acids is 1. The van der Waals surface area contributed by atoms with Gasteiger partial charge in [0.25, 0.3) is 0 Å². The van der Waals surface area contributed by atoms with Crippen LogP contribution in [0.3, 0.4) is 0 Å². The fraction of sp³-hybridized carbons (Fsp3) is 0.129. The molecule has 0 radical (unpaired) electrons. The second kappa shape index (κ2) is 10.6. The average Bonchev–Trinajstić information content (AvgIpc) is 3.24. The lowest BCUT2D eigenvalue weighted by molar-refractivity contribution is -0.134. The van der Waals surface area contributed by atoms with E-state index in [2.05, 4.69) is 0 Å². The van der Waals surface area contributed by atoms with E-state index in [9.17, 15) is 31.1 Å². The van der Waals surface area contributed by atoms with E-state index < -0.39 is 40.7 Å². The second-order valence-corrected chi connectivity index (χ2v) is 9.07. The number of nitrogens with zero attached hydrogens (tertiary/aromatic N) is 2. The number of hydrogen-bond acceptors (Lipinski definition) is 3. The van der Waals surface area contributed by atoms with Gasteiger partial charge in [-0.1, -0.05) is 66.7 Å². The fourth-order valence-electron chi connectivity index (χ4n) is 4.89. The second-order valence-electron chi connectivity index (χ2n) is 9.07. The Labute approximate surface area is 226 Å². The molecule has 0 aromatic heterocycles. The highest BCUT2D eigenvalue weighted by Crippen LogP contribution is 2.51. The lowest BCUT2D eigenvalue weighted by Gasteiger charge is -2.36. The minimum Gasteiger partial charge on any atom is -0.311 e. The van der Waals surface area contributed by atoms with E-state index in [-0.39, 0.29) is 23.5 Å². The molecule has 0 N–H and O–H groups in total. The van der Waals surface area contributed by atoms with Gasteiger partial charge in [0.05, 0.1) is 11.4 Å². The predicted octanol–water partition coefficient (Wildman–Crippen LogP) is 8.78. The highest BCUT2D eigenvalue weighted by molar-refractivity contribution is 6.17. The van der Waals surface area contributed by atoms with Crippen LogP contribution in [0.5, 0.6) is 0 Å². The maximum Gasteiger partial charge on any atom is 0.422 e. The topological polar surface area (TPSA) is 23.6 Å². The number of allylic oxidation sites excluding steroid dienone is 6. The number of Topliss-reactive ketones (excluding diaryl/α,β-unsaturated/α-hetero) is 1. The van der Waals surface area contributed by atoms with Crippen molar-refractivity contribution in [3.63, 3.8) is 0 Å². The molecule has 0 spiro atoms. The predicted molar refractivity (Wildman–Crippen MR) is 142 cm³/mol. The van der Waals surface area contributed by atoms with Gasteiger partial charge in [0, 0.05) is 22.8 Å². The molecule has 0 saturated carbocycles. The molecular weight excluding hydrogens is 530 g/mol. The molecule has 2 aliphatic rings. The van der Waals surface area contributed by atoms with Crippen molar-refractivity contribution in [3.05, 3.63) is 137 Å². The summed E-state index contributed by atoms with van der Waals surface area (Å²) < 4.78 is 88.5. The van der Waals surface area contributed by atoms with E-state index >= 15 is 0 Å². The molecule has 5 rings (SSSR count). The first kappa shape index (κ1) is 27.1. The van der Waals surface area contributed by atoms with Gasteiger partial charge in [-0.15, -0.1) is 0 Å². The minimum absolute atomic E-state index is 0.157. The quantitative estimate of drug-likeness (QED) is 0.286. The number of hydrogen-bond donors (Lipinski definition) is 0. The van der Waals surface area contributed by atoms with E-state index in [0.29, 0.717) is 12.1 Å². The van der Waals surface area contributed by atoms with Crippen LogP contribution in [0.15, 0.2) is 137 Å². The summed E-state index contributed by atoms with van der Waals surface area (Å²) in [4.78, 5) is 15.6. The van der Waals surface area contributed by atoms with Crippen molar-refractivity contribution in [3.8, 4) is 0 Å². The summed E-state index contributed by atoms with van der Waals surface area (Å²) in [6, 6.07) is 23.3. The third kappa shape index (κ3) is 5.06. The van der Waals surface area contributed by atoms with Crippen molar-refractivity contribution < 1.29 is 31.1 Å². The molecule has 2 aliphatic carbocycles. The normalized spacial score (nSPS) is 15.9. The summed E-state index contributed by atoms with van der Waals surface area (Å²) in [5.74, 6) is -2.12. The van der Waals surface area contributed by atoms with Gasteiger partial charge in [-0.3, -0.25) is 4.79 Å². The maximum atomic E-state index is 14.8. The molecule has 3 nitrogen and oxygen atoms in total. The van der Waals surface area contributed by atoms with E-state index in [1.165, 1.54) is 36.4 Å². The van der Waals surface area contributed by atoms with Crippen molar-refractivity contribution >= 4 is 22.8 Å². The lowest BCUT2D eigenvalue weighted by Crippen LogP contribution is -2.32. The molecule has 0 atom stereocenters. The molecule has 3 aromatic carbocycles. The summed E-state index contributed by atoms with van der Waals surface area (Å²) in [5, 5.41) is 0. The maximum absolute atomic E-state index is 14.8. The Morgan fingerprint density at radius 1 is 0.575 bits per heavy atom. The Bertz CT molecular complexity index is 1480. The van der Waals surface area contributed by atoms with Crippen LogP contribution in [-0.2, 0) is 4.79 Å². The van der Waals surface area contributed by atoms with Crippen LogP contribution < -0.4 is 9.80 Å². The molecule has 0 fully saturated rings. The van der Waals surface area contributed by atoms with E-state index in [4.69, 9.17) is 0 Å². The zero-order chi connectivity index (χ0) is 28.5. The van der Waals surface area contributed by atoms with Crippen LogP contribution >= 0.6 is 0 Å². The molecule has 0 bridgehead atoms. The Morgan fingerprint density at radius 3 is 1.35 bits per heavy atom. The number of benzene rings is 3. The van der Waals surface area contributed by atoms with Crippen molar-refractivity contribution in [1.29, 1.82) is 0 Å². The first-order chi connectivity index (χ1) is 19.1. The minimum atomic E-state index is -5.39. The van der Waals surface area contributed by atoms with Crippen LogP contribution in [0.1, 0.15) is 12.8 Å². The summed E-state index contributed by atoms with van der Waals surface area (Å²) in [6.07, 6.45) is -5.06. The highest BCUT2D eigenvalue weighted by Gasteiger charge is 2.57. The first-order valence-corrected chi connectivity index (χ1v) is 12.4. The SMILES string of the molecule is O=C1C(C(F)(F)F)=C(N(C2=CC=CCC2)c2ccccc2)C(N(c2ccccc2)c2ccccc2)=C1C(F)(F)F. The Hall–Kier alpha value is -4.53.